The largest absolute Gasteiger partial charge is 0.383 e. The molecule has 0 aliphatic heterocycles. The van der Waals surface area contributed by atoms with Crippen LogP contribution in [0.25, 0.3) is 0 Å². The Kier molecular flexibility index (Phi) is 7.25. The molecule has 1 saturated carbocycles. The Hall–Kier alpha value is -0.0800. The summed E-state index contributed by atoms with van der Waals surface area (Å²) in [5.74, 6) is 1.71. The molecule has 1 rings (SSSR count). The Bertz CT molecular complexity index is 211. The van der Waals surface area contributed by atoms with Crippen molar-refractivity contribution in [2.24, 2.45) is 17.3 Å². The van der Waals surface area contributed by atoms with E-state index in [4.69, 9.17) is 4.74 Å². The molecule has 0 aromatic carbocycles. The average Bonchev–Trinajstić information content (AvgIpc) is 2.36. The van der Waals surface area contributed by atoms with E-state index >= 15 is 0 Å². The first-order valence-electron chi connectivity index (χ1n) is 7.78. The summed E-state index contributed by atoms with van der Waals surface area (Å²) in [6.07, 6.45) is 8.68. The summed E-state index contributed by atoms with van der Waals surface area (Å²) in [7, 11) is 1.77. The molecule has 1 N–H and O–H groups in total. The number of rotatable bonds is 8. The second kappa shape index (κ2) is 8.16. The average molecular weight is 255 g/mol. The zero-order valence-corrected chi connectivity index (χ0v) is 12.9. The van der Waals surface area contributed by atoms with Gasteiger partial charge in [0.25, 0.3) is 0 Å². The van der Waals surface area contributed by atoms with E-state index < -0.39 is 0 Å². The molecule has 1 unspecified atom stereocenters. The quantitative estimate of drug-likeness (QED) is 0.665. The molecule has 0 heterocycles. The Morgan fingerprint density at radius 3 is 2.44 bits per heavy atom. The first-order chi connectivity index (χ1) is 8.58. The summed E-state index contributed by atoms with van der Waals surface area (Å²) < 4.78 is 5.10. The SMILES string of the molecule is COCCNCC(C)(CC1CCCCC1)C(C)C. The highest BCUT2D eigenvalue weighted by Gasteiger charge is 2.31. The number of methoxy groups -OCH3 is 1. The summed E-state index contributed by atoms with van der Waals surface area (Å²) in [6, 6.07) is 0. The second-order valence-corrected chi connectivity index (χ2v) is 6.69. The Morgan fingerprint density at radius 2 is 1.89 bits per heavy atom. The third kappa shape index (κ3) is 5.27. The van der Waals surface area contributed by atoms with Gasteiger partial charge in [-0.05, 0) is 23.7 Å². The topological polar surface area (TPSA) is 21.3 Å². The molecule has 0 spiro atoms. The van der Waals surface area contributed by atoms with Crippen LogP contribution in [0.3, 0.4) is 0 Å². The van der Waals surface area contributed by atoms with Crippen molar-refractivity contribution < 1.29 is 4.74 Å². The van der Waals surface area contributed by atoms with Gasteiger partial charge in [-0.15, -0.1) is 0 Å². The van der Waals surface area contributed by atoms with Crippen LogP contribution in [0.5, 0.6) is 0 Å². The van der Waals surface area contributed by atoms with Crippen LogP contribution in [-0.2, 0) is 4.74 Å². The van der Waals surface area contributed by atoms with E-state index in [1.807, 2.05) is 0 Å². The summed E-state index contributed by atoms with van der Waals surface area (Å²) in [5.41, 5.74) is 0.440. The summed E-state index contributed by atoms with van der Waals surface area (Å²) in [5, 5.41) is 3.57. The Labute approximate surface area is 114 Å². The van der Waals surface area contributed by atoms with E-state index in [1.165, 1.54) is 38.5 Å². The van der Waals surface area contributed by atoms with Gasteiger partial charge < -0.3 is 10.1 Å². The van der Waals surface area contributed by atoms with Crippen molar-refractivity contribution in [1.82, 2.24) is 5.32 Å². The Morgan fingerprint density at radius 1 is 1.22 bits per heavy atom. The first-order valence-corrected chi connectivity index (χ1v) is 7.78. The smallest absolute Gasteiger partial charge is 0.0587 e. The molecule has 18 heavy (non-hydrogen) atoms. The lowest BCUT2D eigenvalue weighted by Crippen LogP contribution is -2.39. The van der Waals surface area contributed by atoms with Gasteiger partial charge in [-0.25, -0.2) is 0 Å². The number of nitrogens with one attached hydrogen (secondary N) is 1. The zero-order chi connectivity index (χ0) is 13.4. The van der Waals surface area contributed by atoms with Gasteiger partial charge in [0.1, 0.15) is 0 Å². The number of hydrogen-bond donors (Lipinski definition) is 1. The van der Waals surface area contributed by atoms with Crippen LogP contribution in [-0.4, -0.2) is 26.8 Å². The minimum Gasteiger partial charge on any atom is -0.383 e. The zero-order valence-electron chi connectivity index (χ0n) is 12.9. The molecule has 1 aliphatic rings. The summed E-state index contributed by atoms with van der Waals surface area (Å²) in [6.45, 7) is 10.1. The molecular formula is C16H33NO. The predicted octanol–water partition coefficient (Wildman–Crippen LogP) is 3.86. The van der Waals surface area contributed by atoms with E-state index in [2.05, 4.69) is 26.1 Å². The lowest BCUT2D eigenvalue weighted by atomic mass is 9.69. The van der Waals surface area contributed by atoms with Crippen molar-refractivity contribution in [2.75, 3.05) is 26.8 Å². The van der Waals surface area contributed by atoms with E-state index in [1.54, 1.807) is 7.11 Å². The molecule has 108 valence electrons. The lowest BCUT2D eigenvalue weighted by molar-refractivity contribution is 0.131. The Balaban J connectivity index is 2.40. The van der Waals surface area contributed by atoms with Crippen LogP contribution in [0.15, 0.2) is 0 Å². The number of hydrogen-bond acceptors (Lipinski definition) is 2. The van der Waals surface area contributed by atoms with Crippen LogP contribution in [0.1, 0.15) is 59.3 Å². The fourth-order valence-corrected chi connectivity index (χ4v) is 3.11. The highest BCUT2D eigenvalue weighted by Crippen LogP contribution is 2.38. The molecule has 0 aromatic heterocycles. The maximum absolute atomic E-state index is 5.10. The van der Waals surface area contributed by atoms with Gasteiger partial charge in [0.15, 0.2) is 0 Å². The van der Waals surface area contributed by atoms with Crippen LogP contribution in [0.2, 0.25) is 0 Å². The van der Waals surface area contributed by atoms with Gasteiger partial charge in [-0.1, -0.05) is 52.9 Å². The molecule has 1 aliphatic carbocycles. The molecule has 0 bridgehead atoms. The fourth-order valence-electron chi connectivity index (χ4n) is 3.11. The molecule has 0 saturated heterocycles. The highest BCUT2D eigenvalue weighted by atomic mass is 16.5. The van der Waals surface area contributed by atoms with Gasteiger partial charge in [0.2, 0.25) is 0 Å². The fraction of sp³-hybridized carbons (Fsp3) is 1.00. The lowest BCUT2D eigenvalue weighted by Gasteiger charge is -2.38. The summed E-state index contributed by atoms with van der Waals surface area (Å²) >= 11 is 0. The van der Waals surface area contributed by atoms with Gasteiger partial charge in [0, 0.05) is 20.2 Å². The highest BCUT2D eigenvalue weighted by molar-refractivity contribution is 4.84. The van der Waals surface area contributed by atoms with E-state index in [9.17, 15) is 0 Å². The predicted molar refractivity (Wildman–Crippen MR) is 78.9 cm³/mol. The molecule has 1 fully saturated rings. The van der Waals surface area contributed by atoms with E-state index in [-0.39, 0.29) is 0 Å². The molecule has 1 atom stereocenters. The van der Waals surface area contributed by atoms with E-state index in [0.717, 1.165) is 31.5 Å². The van der Waals surface area contributed by atoms with Crippen molar-refractivity contribution in [3.63, 3.8) is 0 Å². The minimum atomic E-state index is 0.440. The molecule has 2 nitrogen and oxygen atoms in total. The van der Waals surface area contributed by atoms with Crippen LogP contribution in [0.4, 0.5) is 0 Å². The molecular weight excluding hydrogens is 222 g/mol. The van der Waals surface area contributed by atoms with Crippen molar-refractivity contribution in [3.8, 4) is 0 Å². The van der Waals surface area contributed by atoms with Crippen LogP contribution in [0, 0.1) is 17.3 Å². The molecule has 0 aromatic rings. The van der Waals surface area contributed by atoms with Crippen molar-refractivity contribution in [2.45, 2.75) is 59.3 Å². The molecule has 0 amide bonds. The van der Waals surface area contributed by atoms with Crippen LogP contribution >= 0.6 is 0 Å². The number of ether oxygens (including phenoxy) is 1. The van der Waals surface area contributed by atoms with Gasteiger partial charge in [-0.3, -0.25) is 0 Å². The van der Waals surface area contributed by atoms with Gasteiger partial charge in [0.05, 0.1) is 6.61 Å². The molecule has 2 heteroatoms. The monoisotopic (exact) mass is 255 g/mol. The van der Waals surface area contributed by atoms with Gasteiger partial charge in [-0.2, -0.15) is 0 Å². The first kappa shape index (κ1) is 16.0. The maximum atomic E-state index is 5.10. The van der Waals surface area contributed by atoms with Crippen molar-refractivity contribution >= 4 is 0 Å². The van der Waals surface area contributed by atoms with Crippen molar-refractivity contribution in [1.29, 1.82) is 0 Å². The van der Waals surface area contributed by atoms with Crippen molar-refractivity contribution in [3.05, 3.63) is 0 Å². The van der Waals surface area contributed by atoms with E-state index in [0.29, 0.717) is 5.41 Å². The third-order valence-corrected chi connectivity index (χ3v) is 4.89. The standard InChI is InChI=1S/C16H33NO/c1-14(2)16(3,13-17-10-11-18-4)12-15-8-6-5-7-9-15/h14-15,17H,5-13H2,1-4H3. The van der Waals surface area contributed by atoms with Crippen LogP contribution < -0.4 is 5.32 Å². The second-order valence-electron chi connectivity index (χ2n) is 6.69. The minimum absolute atomic E-state index is 0.440. The van der Waals surface area contributed by atoms with Gasteiger partial charge >= 0.3 is 0 Å². The normalized spacial score (nSPS) is 21.2. The molecule has 0 radical (unpaired) electrons. The summed E-state index contributed by atoms with van der Waals surface area (Å²) in [4.78, 5) is 0. The maximum Gasteiger partial charge on any atom is 0.0587 e. The third-order valence-electron chi connectivity index (χ3n) is 4.89.